The SMILES string of the molecule is CN1CCC(NC(=O)c2cccc(Cl)c2Br)CC1. The second kappa shape index (κ2) is 6.04. The van der Waals surface area contributed by atoms with Crippen LogP contribution in [0.3, 0.4) is 0 Å². The lowest BCUT2D eigenvalue weighted by atomic mass is 10.0. The first-order chi connectivity index (χ1) is 8.58. The second-order valence-electron chi connectivity index (χ2n) is 4.65. The van der Waals surface area contributed by atoms with E-state index in [0.29, 0.717) is 15.1 Å². The first-order valence-corrected chi connectivity index (χ1v) is 7.18. The van der Waals surface area contributed by atoms with Crippen LogP contribution in [0.25, 0.3) is 0 Å². The van der Waals surface area contributed by atoms with E-state index in [4.69, 9.17) is 11.6 Å². The molecule has 1 N–H and O–H groups in total. The standard InChI is InChI=1S/C13H16BrClN2O/c1-17-7-5-9(6-8-17)16-13(18)10-3-2-4-11(15)12(10)14/h2-4,9H,5-8H2,1H3,(H,16,18). The molecule has 0 saturated carbocycles. The quantitative estimate of drug-likeness (QED) is 0.904. The number of piperidine rings is 1. The van der Waals surface area contributed by atoms with Crippen LogP contribution in [0.2, 0.25) is 5.02 Å². The molecule has 0 spiro atoms. The minimum absolute atomic E-state index is 0.0565. The minimum atomic E-state index is -0.0565. The first-order valence-electron chi connectivity index (χ1n) is 6.01. The van der Waals surface area contributed by atoms with E-state index in [1.807, 2.05) is 0 Å². The summed E-state index contributed by atoms with van der Waals surface area (Å²) in [6.07, 6.45) is 2.00. The highest BCUT2D eigenvalue weighted by molar-refractivity contribution is 9.10. The van der Waals surface area contributed by atoms with Crippen LogP contribution in [0.1, 0.15) is 23.2 Å². The normalized spacial score (nSPS) is 17.7. The van der Waals surface area contributed by atoms with Gasteiger partial charge in [-0.1, -0.05) is 17.7 Å². The maximum Gasteiger partial charge on any atom is 0.252 e. The summed E-state index contributed by atoms with van der Waals surface area (Å²) in [5.74, 6) is -0.0565. The number of rotatable bonds is 2. The number of carbonyl (C=O) groups is 1. The molecule has 18 heavy (non-hydrogen) atoms. The lowest BCUT2D eigenvalue weighted by molar-refractivity contribution is 0.0916. The molecule has 0 radical (unpaired) electrons. The first kappa shape index (κ1) is 13.8. The van der Waals surface area contributed by atoms with Crippen molar-refractivity contribution in [3.8, 4) is 0 Å². The van der Waals surface area contributed by atoms with Crippen molar-refractivity contribution >= 4 is 33.4 Å². The minimum Gasteiger partial charge on any atom is -0.349 e. The van der Waals surface area contributed by atoms with Gasteiger partial charge in [0.1, 0.15) is 0 Å². The van der Waals surface area contributed by atoms with Crippen LogP contribution in [0.4, 0.5) is 0 Å². The van der Waals surface area contributed by atoms with Crippen molar-refractivity contribution in [1.29, 1.82) is 0 Å². The van der Waals surface area contributed by atoms with E-state index in [0.717, 1.165) is 25.9 Å². The molecule has 0 aromatic heterocycles. The van der Waals surface area contributed by atoms with Crippen LogP contribution in [0.15, 0.2) is 22.7 Å². The van der Waals surface area contributed by atoms with E-state index >= 15 is 0 Å². The van der Waals surface area contributed by atoms with Crippen LogP contribution in [-0.2, 0) is 0 Å². The molecule has 1 aliphatic heterocycles. The predicted molar refractivity (Wildman–Crippen MR) is 77.1 cm³/mol. The summed E-state index contributed by atoms with van der Waals surface area (Å²) in [5.41, 5.74) is 0.599. The predicted octanol–water partition coefficient (Wildman–Crippen LogP) is 2.93. The van der Waals surface area contributed by atoms with Crippen molar-refractivity contribution in [1.82, 2.24) is 10.2 Å². The van der Waals surface area contributed by atoms with Crippen LogP contribution >= 0.6 is 27.5 Å². The third-order valence-electron chi connectivity index (χ3n) is 3.25. The molecule has 1 aromatic carbocycles. The maximum absolute atomic E-state index is 12.2. The Kier molecular flexibility index (Phi) is 4.65. The lowest BCUT2D eigenvalue weighted by Gasteiger charge is -2.29. The smallest absolute Gasteiger partial charge is 0.252 e. The van der Waals surface area contributed by atoms with Gasteiger partial charge < -0.3 is 10.2 Å². The molecule has 3 nitrogen and oxygen atoms in total. The third kappa shape index (κ3) is 3.25. The fourth-order valence-electron chi connectivity index (χ4n) is 2.10. The van der Waals surface area contributed by atoms with Gasteiger partial charge in [-0.25, -0.2) is 0 Å². The van der Waals surface area contributed by atoms with Crippen molar-refractivity contribution in [2.75, 3.05) is 20.1 Å². The van der Waals surface area contributed by atoms with Gasteiger partial charge in [0.25, 0.3) is 5.91 Å². The van der Waals surface area contributed by atoms with Gasteiger partial charge in [0.15, 0.2) is 0 Å². The topological polar surface area (TPSA) is 32.3 Å². The number of nitrogens with zero attached hydrogens (tertiary/aromatic N) is 1. The van der Waals surface area contributed by atoms with Gasteiger partial charge in [0.2, 0.25) is 0 Å². The number of nitrogens with one attached hydrogen (secondary N) is 1. The van der Waals surface area contributed by atoms with E-state index in [2.05, 4.69) is 33.2 Å². The van der Waals surface area contributed by atoms with E-state index in [1.54, 1.807) is 18.2 Å². The van der Waals surface area contributed by atoms with Crippen molar-refractivity contribution in [2.24, 2.45) is 0 Å². The number of likely N-dealkylation sites (tertiary alicyclic amines) is 1. The zero-order valence-corrected chi connectivity index (χ0v) is 12.6. The highest BCUT2D eigenvalue weighted by atomic mass is 79.9. The Labute approximate surface area is 121 Å². The Morgan fingerprint density at radius 3 is 2.78 bits per heavy atom. The average molecular weight is 332 g/mol. The van der Waals surface area contributed by atoms with E-state index in [-0.39, 0.29) is 11.9 Å². The summed E-state index contributed by atoms with van der Waals surface area (Å²) in [6, 6.07) is 5.59. The zero-order chi connectivity index (χ0) is 13.1. The van der Waals surface area contributed by atoms with Crippen LogP contribution in [0, 0.1) is 0 Å². The largest absolute Gasteiger partial charge is 0.349 e. The molecular weight excluding hydrogens is 316 g/mol. The monoisotopic (exact) mass is 330 g/mol. The molecule has 1 saturated heterocycles. The van der Waals surface area contributed by atoms with Crippen LogP contribution < -0.4 is 5.32 Å². The lowest BCUT2D eigenvalue weighted by Crippen LogP contribution is -2.43. The molecular formula is C13H16BrClN2O. The number of amides is 1. The van der Waals surface area contributed by atoms with Crippen molar-refractivity contribution in [3.63, 3.8) is 0 Å². The van der Waals surface area contributed by atoms with Crippen molar-refractivity contribution < 1.29 is 4.79 Å². The van der Waals surface area contributed by atoms with Gasteiger partial charge in [-0.3, -0.25) is 4.79 Å². The van der Waals surface area contributed by atoms with E-state index < -0.39 is 0 Å². The number of halogens is 2. The highest BCUT2D eigenvalue weighted by Crippen LogP contribution is 2.26. The fourth-order valence-corrected chi connectivity index (χ4v) is 2.71. The maximum atomic E-state index is 12.2. The highest BCUT2D eigenvalue weighted by Gasteiger charge is 2.20. The van der Waals surface area contributed by atoms with Gasteiger partial charge in [-0.05, 0) is 61.0 Å². The van der Waals surface area contributed by atoms with E-state index in [9.17, 15) is 4.79 Å². The molecule has 98 valence electrons. The Balaban J connectivity index is 2.01. The Hall–Kier alpha value is -0.580. The number of hydrogen-bond acceptors (Lipinski definition) is 2. The summed E-state index contributed by atoms with van der Waals surface area (Å²) in [6.45, 7) is 2.06. The summed E-state index contributed by atoms with van der Waals surface area (Å²) in [4.78, 5) is 14.4. The van der Waals surface area contributed by atoms with Gasteiger partial charge >= 0.3 is 0 Å². The summed E-state index contributed by atoms with van der Waals surface area (Å²) in [7, 11) is 2.10. The Morgan fingerprint density at radius 1 is 1.44 bits per heavy atom. The fraction of sp³-hybridized carbons (Fsp3) is 0.462. The molecule has 0 atom stereocenters. The van der Waals surface area contributed by atoms with E-state index in [1.165, 1.54) is 0 Å². The molecule has 0 aliphatic carbocycles. The molecule has 1 amide bonds. The second-order valence-corrected chi connectivity index (χ2v) is 5.85. The molecule has 1 aromatic rings. The van der Waals surface area contributed by atoms with Gasteiger partial charge in [-0.2, -0.15) is 0 Å². The number of hydrogen-bond donors (Lipinski definition) is 1. The van der Waals surface area contributed by atoms with Crippen molar-refractivity contribution in [2.45, 2.75) is 18.9 Å². The number of carbonyl (C=O) groups excluding carboxylic acids is 1. The van der Waals surface area contributed by atoms with Crippen LogP contribution in [0.5, 0.6) is 0 Å². The van der Waals surface area contributed by atoms with Gasteiger partial charge in [0, 0.05) is 10.5 Å². The summed E-state index contributed by atoms with van der Waals surface area (Å²) in [5, 5.41) is 3.63. The number of benzene rings is 1. The molecule has 0 unspecified atom stereocenters. The Morgan fingerprint density at radius 2 is 2.11 bits per heavy atom. The Bertz CT molecular complexity index is 445. The molecule has 1 aliphatic rings. The summed E-state index contributed by atoms with van der Waals surface area (Å²) >= 11 is 9.34. The third-order valence-corrected chi connectivity index (χ3v) is 4.65. The molecule has 1 fully saturated rings. The van der Waals surface area contributed by atoms with Crippen LogP contribution in [-0.4, -0.2) is 37.0 Å². The van der Waals surface area contributed by atoms with Crippen molar-refractivity contribution in [3.05, 3.63) is 33.3 Å². The summed E-state index contributed by atoms with van der Waals surface area (Å²) < 4.78 is 0.664. The van der Waals surface area contributed by atoms with Gasteiger partial charge in [0.05, 0.1) is 10.6 Å². The molecule has 2 rings (SSSR count). The average Bonchev–Trinajstić information content (AvgIpc) is 2.35. The molecule has 0 bridgehead atoms. The molecule has 5 heteroatoms. The molecule has 1 heterocycles. The van der Waals surface area contributed by atoms with Gasteiger partial charge in [-0.15, -0.1) is 0 Å². The zero-order valence-electron chi connectivity index (χ0n) is 10.2.